The highest BCUT2D eigenvalue weighted by Gasteiger charge is 2.11. The van der Waals surface area contributed by atoms with Crippen molar-refractivity contribution in [2.75, 3.05) is 7.11 Å². The summed E-state index contributed by atoms with van der Waals surface area (Å²) in [7, 11) is 1.52. The number of nitrogens with zero attached hydrogens (tertiary/aromatic N) is 3. The van der Waals surface area contributed by atoms with Crippen molar-refractivity contribution >= 4 is 11.6 Å². The largest absolute Gasteiger partial charge is 0.495 e. The van der Waals surface area contributed by atoms with E-state index in [0.29, 0.717) is 17.9 Å². The van der Waals surface area contributed by atoms with Crippen LogP contribution in [0.25, 0.3) is 5.65 Å². The van der Waals surface area contributed by atoms with Gasteiger partial charge in [-0.3, -0.25) is 4.79 Å². The molecule has 24 heavy (non-hydrogen) atoms. The Morgan fingerprint density at radius 2 is 1.96 bits per heavy atom. The summed E-state index contributed by atoms with van der Waals surface area (Å²) < 4.78 is 7.58. The molecule has 124 valence electrons. The fraction of sp³-hybridized carbons (Fsp3) is 0.235. The van der Waals surface area contributed by atoms with Gasteiger partial charge in [0.1, 0.15) is 12.3 Å². The topological polar surface area (TPSA) is 77.6 Å². The van der Waals surface area contributed by atoms with Crippen LogP contribution in [-0.4, -0.2) is 27.2 Å². The van der Waals surface area contributed by atoms with Gasteiger partial charge in [-0.1, -0.05) is 29.8 Å². The highest BCUT2D eigenvalue weighted by molar-refractivity contribution is 5.75. The van der Waals surface area contributed by atoms with Crippen molar-refractivity contribution in [1.29, 1.82) is 0 Å². The first kappa shape index (κ1) is 15.8. The number of aryl methyl sites for hydroxylation is 1. The van der Waals surface area contributed by atoms with Crippen molar-refractivity contribution in [3.05, 3.63) is 64.2 Å². The van der Waals surface area contributed by atoms with Gasteiger partial charge in [0.05, 0.1) is 13.3 Å². The molecule has 0 aliphatic carbocycles. The summed E-state index contributed by atoms with van der Waals surface area (Å²) >= 11 is 0. The fourth-order valence-electron chi connectivity index (χ4n) is 2.32. The third kappa shape index (κ3) is 3.29. The minimum absolute atomic E-state index is 0.130. The Labute approximate surface area is 138 Å². The molecule has 3 aromatic rings. The van der Waals surface area contributed by atoms with Crippen LogP contribution in [0.1, 0.15) is 11.1 Å². The molecule has 1 aromatic carbocycles. The number of pyridine rings is 1. The van der Waals surface area contributed by atoms with E-state index in [1.807, 2.05) is 31.2 Å². The molecule has 0 spiro atoms. The Morgan fingerprint density at radius 1 is 1.21 bits per heavy atom. The number of hydrogen-bond donors (Lipinski definition) is 1. The highest BCUT2D eigenvalue weighted by atomic mass is 16.5. The van der Waals surface area contributed by atoms with E-state index in [1.165, 1.54) is 11.5 Å². The molecule has 2 aromatic heterocycles. The minimum atomic E-state index is -0.380. The second kappa shape index (κ2) is 6.57. The van der Waals surface area contributed by atoms with E-state index in [4.69, 9.17) is 4.74 Å². The quantitative estimate of drug-likeness (QED) is 0.762. The molecule has 0 radical (unpaired) electrons. The number of benzene rings is 1. The lowest BCUT2D eigenvalue weighted by Gasteiger charge is -2.05. The van der Waals surface area contributed by atoms with Crippen molar-refractivity contribution in [2.45, 2.75) is 20.0 Å². The molecule has 7 nitrogen and oxygen atoms in total. The number of nitrogens with one attached hydrogen (secondary N) is 1. The molecule has 3 rings (SSSR count). The van der Waals surface area contributed by atoms with Crippen LogP contribution in [0.5, 0.6) is 5.75 Å². The average Bonchev–Trinajstić information content (AvgIpc) is 2.89. The zero-order chi connectivity index (χ0) is 17.1. The average molecular weight is 326 g/mol. The van der Waals surface area contributed by atoms with Gasteiger partial charge in [-0.25, -0.2) is 13.9 Å². The molecule has 0 atom stereocenters. The van der Waals surface area contributed by atoms with E-state index < -0.39 is 0 Å². The number of ether oxygens (including phenoxy) is 1. The van der Waals surface area contributed by atoms with Crippen LogP contribution in [0.2, 0.25) is 0 Å². The molecule has 0 aliphatic rings. The lowest BCUT2D eigenvalue weighted by Crippen LogP contribution is -2.32. The maximum atomic E-state index is 12.3. The summed E-state index contributed by atoms with van der Waals surface area (Å²) in [5.74, 6) is 0.279. The van der Waals surface area contributed by atoms with Gasteiger partial charge >= 0.3 is 5.69 Å². The summed E-state index contributed by atoms with van der Waals surface area (Å²) in [5.41, 5.74) is 2.25. The smallest absolute Gasteiger partial charge is 0.350 e. The van der Waals surface area contributed by atoms with E-state index in [-0.39, 0.29) is 18.1 Å². The van der Waals surface area contributed by atoms with E-state index in [9.17, 15) is 9.59 Å². The van der Waals surface area contributed by atoms with Gasteiger partial charge in [-0.2, -0.15) is 0 Å². The predicted molar refractivity (Wildman–Crippen MR) is 89.0 cm³/mol. The second-order valence-corrected chi connectivity index (χ2v) is 5.50. The standard InChI is InChI=1S/C17H18N4O3/c1-12-3-5-13(6-4-12)9-18-16(22)11-21-17(23)20-10-14(24-2)7-8-15(20)19-21/h3-8,10H,9,11H2,1-2H3,(H,18,22). The van der Waals surface area contributed by atoms with Crippen LogP contribution in [0, 0.1) is 6.92 Å². The number of methoxy groups -OCH3 is 1. The second-order valence-electron chi connectivity index (χ2n) is 5.50. The first-order valence-electron chi connectivity index (χ1n) is 7.52. The summed E-state index contributed by atoms with van der Waals surface area (Å²) in [6.45, 7) is 2.29. The van der Waals surface area contributed by atoms with E-state index in [2.05, 4.69) is 10.4 Å². The Morgan fingerprint density at radius 3 is 2.67 bits per heavy atom. The molecular weight excluding hydrogens is 308 g/mol. The first-order valence-corrected chi connectivity index (χ1v) is 7.52. The maximum Gasteiger partial charge on any atom is 0.350 e. The first-order chi connectivity index (χ1) is 11.6. The monoisotopic (exact) mass is 326 g/mol. The number of fused-ring (bicyclic) bond motifs is 1. The van der Waals surface area contributed by atoms with Crippen molar-refractivity contribution in [3.63, 3.8) is 0 Å². The van der Waals surface area contributed by atoms with Gasteiger partial charge in [-0.15, -0.1) is 5.10 Å². The van der Waals surface area contributed by atoms with Crippen LogP contribution in [0.4, 0.5) is 0 Å². The van der Waals surface area contributed by atoms with Crippen molar-refractivity contribution in [3.8, 4) is 5.75 Å². The minimum Gasteiger partial charge on any atom is -0.495 e. The molecule has 0 unspecified atom stereocenters. The normalized spacial score (nSPS) is 10.8. The van der Waals surface area contributed by atoms with Gasteiger partial charge in [0, 0.05) is 6.54 Å². The zero-order valence-corrected chi connectivity index (χ0v) is 13.5. The molecule has 0 bridgehead atoms. The number of aromatic nitrogens is 3. The Hall–Kier alpha value is -3.09. The summed E-state index contributed by atoms with van der Waals surface area (Å²) in [6, 6.07) is 11.3. The fourth-order valence-corrected chi connectivity index (χ4v) is 2.32. The van der Waals surface area contributed by atoms with Gasteiger partial charge in [0.15, 0.2) is 5.65 Å². The van der Waals surface area contributed by atoms with Gasteiger partial charge < -0.3 is 10.1 Å². The van der Waals surface area contributed by atoms with Crippen LogP contribution in [0.15, 0.2) is 47.4 Å². The van der Waals surface area contributed by atoms with E-state index >= 15 is 0 Å². The van der Waals surface area contributed by atoms with Crippen LogP contribution < -0.4 is 15.7 Å². The number of carbonyl (C=O) groups excluding carboxylic acids is 1. The van der Waals surface area contributed by atoms with Gasteiger partial charge in [0.2, 0.25) is 5.91 Å². The highest BCUT2D eigenvalue weighted by Crippen LogP contribution is 2.09. The maximum absolute atomic E-state index is 12.3. The molecule has 0 saturated carbocycles. The predicted octanol–water partition coefficient (Wildman–Crippen LogP) is 1.13. The molecule has 7 heteroatoms. The van der Waals surface area contributed by atoms with Gasteiger partial charge in [0.25, 0.3) is 0 Å². The molecule has 1 amide bonds. The van der Waals surface area contributed by atoms with Gasteiger partial charge in [-0.05, 0) is 24.6 Å². The van der Waals surface area contributed by atoms with E-state index in [0.717, 1.165) is 15.8 Å². The SMILES string of the molecule is COc1ccc2nn(CC(=O)NCc3ccc(C)cc3)c(=O)n2c1. The van der Waals surface area contributed by atoms with Crippen LogP contribution in [0.3, 0.4) is 0 Å². The third-order valence-electron chi connectivity index (χ3n) is 3.69. The Bertz CT molecular complexity index is 925. The molecular formula is C17H18N4O3. The lowest BCUT2D eigenvalue weighted by molar-refractivity contribution is -0.122. The van der Waals surface area contributed by atoms with Crippen LogP contribution in [-0.2, 0) is 17.9 Å². The summed E-state index contributed by atoms with van der Waals surface area (Å²) in [4.78, 5) is 24.3. The molecule has 0 fully saturated rings. The van der Waals surface area contributed by atoms with Crippen molar-refractivity contribution < 1.29 is 9.53 Å². The summed E-state index contributed by atoms with van der Waals surface area (Å²) in [6.07, 6.45) is 1.55. The molecule has 1 N–H and O–H groups in total. The van der Waals surface area contributed by atoms with E-state index in [1.54, 1.807) is 18.3 Å². The summed E-state index contributed by atoms with van der Waals surface area (Å²) in [5, 5.41) is 6.93. The number of rotatable bonds is 5. The molecule has 2 heterocycles. The Balaban J connectivity index is 1.70. The number of hydrogen-bond acceptors (Lipinski definition) is 4. The van der Waals surface area contributed by atoms with Crippen molar-refractivity contribution in [1.82, 2.24) is 19.5 Å². The number of carbonyl (C=O) groups is 1. The number of amides is 1. The van der Waals surface area contributed by atoms with Crippen LogP contribution >= 0.6 is 0 Å². The Kier molecular flexibility index (Phi) is 4.33. The molecule has 0 aliphatic heterocycles. The zero-order valence-electron chi connectivity index (χ0n) is 13.5. The molecule has 0 saturated heterocycles. The third-order valence-corrected chi connectivity index (χ3v) is 3.69. The van der Waals surface area contributed by atoms with Crippen molar-refractivity contribution in [2.24, 2.45) is 0 Å². The lowest BCUT2D eigenvalue weighted by atomic mass is 10.1.